The van der Waals surface area contributed by atoms with Crippen molar-refractivity contribution in [2.75, 3.05) is 26.2 Å². The maximum Gasteiger partial charge on any atom is 0.225 e. The van der Waals surface area contributed by atoms with Crippen LogP contribution in [0.25, 0.3) is 0 Å². The lowest BCUT2D eigenvalue weighted by molar-refractivity contribution is -0.138. The lowest BCUT2D eigenvalue weighted by atomic mass is 9.88. The van der Waals surface area contributed by atoms with Crippen LogP contribution in [0, 0.1) is 17.2 Å². The summed E-state index contributed by atoms with van der Waals surface area (Å²) in [6.45, 7) is 5.61. The van der Waals surface area contributed by atoms with E-state index in [1.165, 1.54) is 19.3 Å². The summed E-state index contributed by atoms with van der Waals surface area (Å²) >= 11 is 0. The topological polar surface area (TPSA) is 47.3 Å². The van der Waals surface area contributed by atoms with E-state index in [9.17, 15) is 4.79 Å². The molecular weight excluding hydrogens is 238 g/mol. The zero-order chi connectivity index (χ0) is 13.7. The second-order valence-electron chi connectivity index (χ2n) is 5.91. The van der Waals surface area contributed by atoms with Gasteiger partial charge in [0.05, 0.1) is 12.5 Å². The van der Waals surface area contributed by atoms with E-state index in [-0.39, 0.29) is 5.92 Å². The summed E-state index contributed by atoms with van der Waals surface area (Å²) < 4.78 is 0. The molecule has 2 rings (SSSR count). The van der Waals surface area contributed by atoms with Crippen molar-refractivity contribution in [2.45, 2.75) is 51.5 Å². The third-order valence-corrected chi connectivity index (χ3v) is 4.59. The largest absolute Gasteiger partial charge is 0.340 e. The van der Waals surface area contributed by atoms with Crippen LogP contribution >= 0.6 is 0 Å². The van der Waals surface area contributed by atoms with Gasteiger partial charge in [-0.05, 0) is 19.8 Å². The normalized spacial score (nSPS) is 23.9. The highest BCUT2D eigenvalue weighted by atomic mass is 16.2. The Morgan fingerprint density at radius 3 is 2.42 bits per heavy atom. The zero-order valence-electron chi connectivity index (χ0n) is 12.0. The van der Waals surface area contributed by atoms with Crippen molar-refractivity contribution in [3.63, 3.8) is 0 Å². The van der Waals surface area contributed by atoms with Crippen molar-refractivity contribution >= 4 is 5.91 Å². The van der Waals surface area contributed by atoms with Gasteiger partial charge in [0.15, 0.2) is 0 Å². The summed E-state index contributed by atoms with van der Waals surface area (Å²) in [5.41, 5.74) is 0. The number of amides is 1. The van der Waals surface area contributed by atoms with Crippen LogP contribution in [0.4, 0.5) is 0 Å². The van der Waals surface area contributed by atoms with Gasteiger partial charge in [0.1, 0.15) is 0 Å². The van der Waals surface area contributed by atoms with Crippen LogP contribution in [0.15, 0.2) is 0 Å². The zero-order valence-corrected chi connectivity index (χ0v) is 12.0. The highest BCUT2D eigenvalue weighted by molar-refractivity contribution is 5.79. The quantitative estimate of drug-likeness (QED) is 0.782. The van der Waals surface area contributed by atoms with Gasteiger partial charge < -0.3 is 4.90 Å². The van der Waals surface area contributed by atoms with Crippen LogP contribution in [0.5, 0.6) is 0 Å². The van der Waals surface area contributed by atoms with Gasteiger partial charge in [-0.15, -0.1) is 0 Å². The molecule has 2 fully saturated rings. The monoisotopic (exact) mass is 263 g/mol. The first-order valence-electron chi connectivity index (χ1n) is 7.62. The molecule has 1 saturated heterocycles. The van der Waals surface area contributed by atoms with E-state index in [1.807, 2.05) is 4.90 Å². The first kappa shape index (κ1) is 14.3. The molecule has 2 aliphatic rings. The molecular formula is C15H25N3O. The number of hydrogen-bond donors (Lipinski definition) is 0. The molecule has 1 atom stereocenters. The van der Waals surface area contributed by atoms with Gasteiger partial charge in [0.25, 0.3) is 0 Å². The minimum atomic E-state index is 0.289. The van der Waals surface area contributed by atoms with Crippen molar-refractivity contribution in [3.8, 4) is 6.07 Å². The third kappa shape index (κ3) is 3.70. The van der Waals surface area contributed by atoms with Crippen molar-refractivity contribution in [1.82, 2.24) is 9.80 Å². The van der Waals surface area contributed by atoms with Crippen LogP contribution in [0.2, 0.25) is 0 Å². The van der Waals surface area contributed by atoms with Crippen LogP contribution in [0.3, 0.4) is 0 Å². The Balaban J connectivity index is 1.79. The molecule has 4 heteroatoms. The smallest absolute Gasteiger partial charge is 0.225 e. The average molecular weight is 263 g/mol. The van der Waals surface area contributed by atoms with Crippen molar-refractivity contribution in [2.24, 2.45) is 5.92 Å². The predicted octanol–water partition coefficient (Wildman–Crippen LogP) is 2.01. The van der Waals surface area contributed by atoms with Crippen molar-refractivity contribution in [3.05, 3.63) is 0 Å². The Morgan fingerprint density at radius 2 is 1.84 bits per heavy atom. The van der Waals surface area contributed by atoms with Crippen LogP contribution in [0.1, 0.15) is 45.4 Å². The van der Waals surface area contributed by atoms with E-state index in [0.717, 1.165) is 39.0 Å². The molecule has 1 aliphatic heterocycles. The van der Waals surface area contributed by atoms with Gasteiger partial charge in [-0.2, -0.15) is 5.26 Å². The van der Waals surface area contributed by atoms with Crippen LogP contribution in [-0.4, -0.2) is 47.9 Å². The molecule has 19 heavy (non-hydrogen) atoms. The first-order chi connectivity index (χ1) is 9.22. The number of hydrogen-bond acceptors (Lipinski definition) is 3. The number of carbonyl (C=O) groups is 1. The Bertz CT molecular complexity index is 336. The molecule has 0 bridgehead atoms. The fraction of sp³-hybridized carbons (Fsp3) is 0.867. The Labute approximate surface area is 116 Å². The highest BCUT2D eigenvalue weighted by Gasteiger charge is 2.29. The molecule has 0 aromatic heterocycles. The summed E-state index contributed by atoms with van der Waals surface area (Å²) in [4.78, 5) is 16.8. The van der Waals surface area contributed by atoms with E-state index >= 15 is 0 Å². The van der Waals surface area contributed by atoms with Gasteiger partial charge in [-0.25, -0.2) is 0 Å². The summed E-state index contributed by atoms with van der Waals surface area (Å²) in [6, 6.07) is 2.54. The van der Waals surface area contributed by atoms with E-state index in [4.69, 9.17) is 5.26 Å². The second-order valence-corrected chi connectivity index (χ2v) is 5.91. The Hall–Kier alpha value is -1.08. The number of nitriles is 1. The number of nitrogens with zero attached hydrogens (tertiary/aromatic N) is 3. The molecule has 0 radical (unpaired) electrons. The standard InChI is InChI=1S/C15H25N3O/c1-13(7-8-16)17-9-11-18(12-10-17)15(19)14-5-3-2-4-6-14/h13-14H,2-7,9-12H2,1H3. The molecule has 1 unspecified atom stereocenters. The summed E-state index contributed by atoms with van der Waals surface area (Å²) in [7, 11) is 0. The lowest BCUT2D eigenvalue weighted by Crippen LogP contribution is -2.52. The van der Waals surface area contributed by atoms with Gasteiger partial charge in [0, 0.05) is 38.1 Å². The maximum atomic E-state index is 12.4. The van der Waals surface area contributed by atoms with Crippen molar-refractivity contribution in [1.29, 1.82) is 5.26 Å². The summed E-state index contributed by atoms with van der Waals surface area (Å²) in [5.74, 6) is 0.670. The fourth-order valence-corrected chi connectivity index (χ4v) is 3.25. The maximum absolute atomic E-state index is 12.4. The van der Waals surface area contributed by atoms with E-state index in [0.29, 0.717) is 18.4 Å². The van der Waals surface area contributed by atoms with E-state index < -0.39 is 0 Å². The molecule has 0 N–H and O–H groups in total. The first-order valence-corrected chi connectivity index (χ1v) is 7.62. The fourth-order valence-electron chi connectivity index (χ4n) is 3.25. The minimum absolute atomic E-state index is 0.289. The number of rotatable bonds is 3. The van der Waals surface area contributed by atoms with Gasteiger partial charge in [-0.3, -0.25) is 9.69 Å². The summed E-state index contributed by atoms with van der Waals surface area (Å²) in [6.07, 6.45) is 6.48. The van der Waals surface area contributed by atoms with Crippen molar-refractivity contribution < 1.29 is 4.79 Å². The summed E-state index contributed by atoms with van der Waals surface area (Å²) in [5, 5.41) is 8.74. The molecule has 0 spiro atoms. The predicted molar refractivity (Wildman–Crippen MR) is 74.4 cm³/mol. The van der Waals surface area contributed by atoms with Gasteiger partial charge in [0.2, 0.25) is 5.91 Å². The number of piperazine rings is 1. The van der Waals surface area contributed by atoms with Gasteiger partial charge >= 0.3 is 0 Å². The van der Waals surface area contributed by atoms with E-state index in [1.54, 1.807) is 0 Å². The molecule has 106 valence electrons. The molecule has 4 nitrogen and oxygen atoms in total. The molecule has 1 aliphatic carbocycles. The lowest BCUT2D eigenvalue weighted by Gasteiger charge is -2.39. The third-order valence-electron chi connectivity index (χ3n) is 4.59. The van der Waals surface area contributed by atoms with Crippen LogP contribution in [-0.2, 0) is 4.79 Å². The highest BCUT2D eigenvalue weighted by Crippen LogP contribution is 2.26. The Morgan fingerprint density at radius 1 is 1.21 bits per heavy atom. The minimum Gasteiger partial charge on any atom is -0.340 e. The SMILES string of the molecule is CC(CC#N)N1CCN(C(=O)C2CCCCC2)CC1. The molecule has 0 aromatic rings. The molecule has 1 heterocycles. The molecule has 0 aromatic carbocycles. The second kappa shape index (κ2) is 6.91. The van der Waals surface area contributed by atoms with E-state index in [2.05, 4.69) is 17.9 Å². The molecule has 1 amide bonds. The number of carbonyl (C=O) groups excluding carboxylic acids is 1. The van der Waals surface area contributed by atoms with Crippen LogP contribution < -0.4 is 0 Å². The van der Waals surface area contributed by atoms with Gasteiger partial charge in [-0.1, -0.05) is 19.3 Å². The Kier molecular flexibility index (Phi) is 5.21. The average Bonchev–Trinajstić information content (AvgIpc) is 2.48. The molecule has 1 saturated carbocycles.